The number of rotatable bonds is 7. The fourth-order valence-corrected chi connectivity index (χ4v) is 1.32. The summed E-state index contributed by atoms with van der Waals surface area (Å²) in [5, 5.41) is 20.5. The normalized spacial score (nSPS) is 12.3. The van der Waals surface area contributed by atoms with Crippen molar-refractivity contribution in [3.8, 4) is 11.5 Å². The Morgan fingerprint density at radius 1 is 1.39 bits per heavy atom. The molecule has 1 aromatic carbocycles. The molecule has 0 aliphatic carbocycles. The Hall–Kier alpha value is -1.60. The maximum atomic E-state index is 12.3. The summed E-state index contributed by atoms with van der Waals surface area (Å²) in [5.74, 6) is 0.0129. The van der Waals surface area contributed by atoms with Gasteiger partial charge in [-0.1, -0.05) is 6.07 Å². The summed E-state index contributed by atoms with van der Waals surface area (Å²) in [5.41, 5.74) is 0.252. The fourth-order valence-electron chi connectivity index (χ4n) is 1.32. The highest BCUT2D eigenvalue weighted by molar-refractivity contribution is 5.63. The minimum Gasteiger partial charge on any atom is -0.493 e. The van der Waals surface area contributed by atoms with Crippen LogP contribution >= 0.6 is 0 Å². The van der Waals surface area contributed by atoms with Crippen molar-refractivity contribution in [2.75, 3.05) is 25.6 Å². The summed E-state index contributed by atoms with van der Waals surface area (Å²) >= 11 is 0. The van der Waals surface area contributed by atoms with Gasteiger partial charge in [-0.25, -0.2) is 0 Å². The van der Waals surface area contributed by atoms with E-state index in [-0.39, 0.29) is 23.7 Å². The van der Waals surface area contributed by atoms with E-state index in [0.29, 0.717) is 0 Å². The number of para-hydroxylation sites is 1. The van der Waals surface area contributed by atoms with E-state index in [1.54, 1.807) is 6.07 Å². The van der Waals surface area contributed by atoms with Gasteiger partial charge in [-0.15, -0.1) is 0 Å². The van der Waals surface area contributed by atoms with Crippen LogP contribution in [0.5, 0.6) is 11.5 Å². The lowest BCUT2D eigenvalue weighted by Crippen LogP contribution is -2.23. The van der Waals surface area contributed by atoms with Gasteiger partial charge >= 0.3 is 6.61 Å². The van der Waals surface area contributed by atoms with Gasteiger partial charge in [0.15, 0.2) is 11.5 Å². The molecule has 0 aromatic heterocycles. The monoisotopic (exact) mass is 263 g/mol. The van der Waals surface area contributed by atoms with Crippen LogP contribution in [-0.2, 0) is 0 Å². The highest BCUT2D eigenvalue weighted by Gasteiger charge is 2.15. The Kier molecular flexibility index (Phi) is 5.60. The molecule has 1 aromatic rings. The van der Waals surface area contributed by atoms with Gasteiger partial charge in [0.25, 0.3) is 0 Å². The topological polar surface area (TPSA) is 71.0 Å². The molecule has 0 heterocycles. The van der Waals surface area contributed by atoms with Gasteiger partial charge in [0.1, 0.15) is 0 Å². The summed E-state index contributed by atoms with van der Waals surface area (Å²) in [7, 11) is 1.33. The van der Waals surface area contributed by atoms with E-state index in [4.69, 9.17) is 9.84 Å². The molecule has 0 saturated heterocycles. The molecule has 0 aliphatic heterocycles. The lowest BCUT2D eigenvalue weighted by molar-refractivity contribution is -0.0507. The zero-order valence-electron chi connectivity index (χ0n) is 9.77. The minimum absolute atomic E-state index is 0.00324. The zero-order valence-corrected chi connectivity index (χ0v) is 9.77. The predicted molar refractivity (Wildman–Crippen MR) is 61.2 cm³/mol. The minimum atomic E-state index is -2.98. The molecule has 0 fully saturated rings. The third-order valence-electron chi connectivity index (χ3n) is 2.14. The summed E-state index contributed by atoms with van der Waals surface area (Å²) in [6.45, 7) is -3.41. The first-order chi connectivity index (χ1) is 8.58. The van der Waals surface area contributed by atoms with Crippen LogP contribution in [0.25, 0.3) is 0 Å². The number of alkyl halides is 2. The van der Waals surface area contributed by atoms with E-state index >= 15 is 0 Å². The number of anilines is 1. The predicted octanol–water partition coefficient (Wildman–Crippen LogP) is 1.06. The van der Waals surface area contributed by atoms with E-state index in [0.717, 1.165) is 0 Å². The van der Waals surface area contributed by atoms with E-state index < -0.39 is 19.3 Å². The quantitative estimate of drug-likeness (QED) is 0.686. The van der Waals surface area contributed by atoms with Crippen molar-refractivity contribution < 1.29 is 28.5 Å². The summed E-state index contributed by atoms with van der Waals surface area (Å²) in [4.78, 5) is 0. The van der Waals surface area contributed by atoms with Crippen molar-refractivity contribution in [3.63, 3.8) is 0 Å². The van der Waals surface area contributed by atoms with E-state index in [1.807, 2.05) is 0 Å². The van der Waals surface area contributed by atoms with E-state index in [1.165, 1.54) is 19.2 Å². The highest BCUT2D eigenvalue weighted by atomic mass is 19.3. The number of aliphatic hydroxyl groups excluding tert-OH is 2. The Morgan fingerprint density at radius 3 is 2.67 bits per heavy atom. The van der Waals surface area contributed by atoms with Gasteiger partial charge in [0.2, 0.25) is 0 Å². The second-order valence-corrected chi connectivity index (χ2v) is 3.43. The van der Waals surface area contributed by atoms with Crippen LogP contribution in [0.2, 0.25) is 0 Å². The molecular formula is C11H15F2NO4. The molecule has 0 spiro atoms. The number of hydrogen-bond acceptors (Lipinski definition) is 5. The molecule has 18 heavy (non-hydrogen) atoms. The highest BCUT2D eigenvalue weighted by Crippen LogP contribution is 2.36. The van der Waals surface area contributed by atoms with Crippen LogP contribution in [0.4, 0.5) is 14.5 Å². The Morgan fingerprint density at radius 2 is 2.11 bits per heavy atom. The van der Waals surface area contributed by atoms with Crippen molar-refractivity contribution in [3.05, 3.63) is 18.2 Å². The molecule has 1 unspecified atom stereocenters. The molecule has 0 saturated carbocycles. The maximum Gasteiger partial charge on any atom is 0.387 e. The summed E-state index contributed by atoms with van der Waals surface area (Å²) in [6.07, 6.45) is -0.990. The van der Waals surface area contributed by atoms with Gasteiger partial charge in [0.05, 0.1) is 25.5 Å². The average Bonchev–Trinajstić information content (AvgIpc) is 2.36. The second-order valence-electron chi connectivity index (χ2n) is 3.43. The Balaban J connectivity index is 2.87. The van der Waals surface area contributed by atoms with Crippen LogP contribution < -0.4 is 14.8 Å². The molecule has 0 radical (unpaired) electrons. The van der Waals surface area contributed by atoms with Gasteiger partial charge in [-0.3, -0.25) is 0 Å². The number of methoxy groups -OCH3 is 1. The number of benzene rings is 1. The molecule has 0 bridgehead atoms. The number of aliphatic hydroxyl groups is 2. The lowest BCUT2D eigenvalue weighted by Gasteiger charge is -2.16. The fraction of sp³-hybridized carbons (Fsp3) is 0.455. The van der Waals surface area contributed by atoms with Crippen LogP contribution in [0.3, 0.4) is 0 Å². The van der Waals surface area contributed by atoms with E-state index in [2.05, 4.69) is 10.1 Å². The first kappa shape index (κ1) is 14.5. The van der Waals surface area contributed by atoms with Crippen molar-refractivity contribution >= 4 is 5.69 Å². The average molecular weight is 263 g/mol. The number of halogens is 2. The van der Waals surface area contributed by atoms with Crippen LogP contribution in [0.1, 0.15) is 0 Å². The largest absolute Gasteiger partial charge is 0.493 e. The van der Waals surface area contributed by atoms with Crippen molar-refractivity contribution in [2.24, 2.45) is 0 Å². The Labute approximate surface area is 103 Å². The SMILES string of the molecule is COc1cccc(NCC(O)CO)c1OC(F)F. The van der Waals surface area contributed by atoms with Gasteiger partial charge in [0, 0.05) is 6.54 Å². The molecule has 7 heteroatoms. The van der Waals surface area contributed by atoms with Gasteiger partial charge < -0.3 is 25.0 Å². The third kappa shape index (κ3) is 4.01. The number of hydrogen-bond donors (Lipinski definition) is 3. The van der Waals surface area contributed by atoms with E-state index in [9.17, 15) is 13.9 Å². The molecule has 1 rings (SSSR count). The zero-order chi connectivity index (χ0) is 13.5. The van der Waals surface area contributed by atoms with Crippen LogP contribution in [0, 0.1) is 0 Å². The Bertz CT molecular complexity index is 376. The molecule has 3 N–H and O–H groups in total. The first-order valence-corrected chi connectivity index (χ1v) is 5.23. The van der Waals surface area contributed by atoms with Crippen LogP contribution in [0.15, 0.2) is 18.2 Å². The standard InChI is InChI=1S/C11H15F2NO4/c1-17-9-4-2-3-8(10(9)18-11(12)13)14-5-7(16)6-15/h2-4,7,11,14-16H,5-6H2,1H3. The van der Waals surface area contributed by atoms with Crippen LogP contribution in [-0.4, -0.2) is 43.2 Å². The number of ether oxygens (including phenoxy) is 2. The van der Waals surface area contributed by atoms with Crippen molar-refractivity contribution in [1.82, 2.24) is 0 Å². The van der Waals surface area contributed by atoms with Gasteiger partial charge in [-0.05, 0) is 12.1 Å². The van der Waals surface area contributed by atoms with Crippen molar-refractivity contribution in [1.29, 1.82) is 0 Å². The lowest BCUT2D eigenvalue weighted by atomic mass is 10.2. The number of nitrogens with one attached hydrogen (secondary N) is 1. The second kappa shape index (κ2) is 6.97. The third-order valence-corrected chi connectivity index (χ3v) is 2.14. The molecule has 102 valence electrons. The molecule has 0 aliphatic rings. The first-order valence-electron chi connectivity index (χ1n) is 5.23. The molecule has 5 nitrogen and oxygen atoms in total. The van der Waals surface area contributed by atoms with Crippen molar-refractivity contribution in [2.45, 2.75) is 12.7 Å². The molecule has 1 atom stereocenters. The summed E-state index contributed by atoms with van der Waals surface area (Å²) in [6, 6.07) is 4.57. The summed E-state index contributed by atoms with van der Waals surface area (Å²) < 4.78 is 33.9. The smallest absolute Gasteiger partial charge is 0.387 e. The molecule has 0 amide bonds. The molecular weight excluding hydrogens is 248 g/mol. The van der Waals surface area contributed by atoms with Gasteiger partial charge in [-0.2, -0.15) is 8.78 Å². The maximum absolute atomic E-state index is 12.3.